The van der Waals surface area contributed by atoms with Gasteiger partial charge in [0.2, 0.25) is 0 Å². The molecule has 0 aromatic heterocycles. The van der Waals surface area contributed by atoms with Crippen LogP contribution in [0.2, 0.25) is 0 Å². The average Bonchev–Trinajstić information content (AvgIpc) is 3.29. The van der Waals surface area contributed by atoms with Crippen LogP contribution < -0.4 is 4.90 Å². The van der Waals surface area contributed by atoms with E-state index in [1.54, 1.807) is 0 Å². The molecule has 274 valence electrons. The third-order valence-electron chi connectivity index (χ3n) is 11.5. The van der Waals surface area contributed by atoms with Gasteiger partial charge in [-0.3, -0.25) is 0 Å². The van der Waals surface area contributed by atoms with Gasteiger partial charge in [-0.25, -0.2) is 0 Å². The number of rotatable bonds is 8. The number of benzene rings is 10. The topological polar surface area (TPSA) is 3.24 Å². The van der Waals surface area contributed by atoms with Crippen LogP contribution in [0.25, 0.3) is 88.6 Å². The van der Waals surface area contributed by atoms with Gasteiger partial charge in [0.1, 0.15) is 0 Å². The summed E-state index contributed by atoms with van der Waals surface area (Å²) in [5.41, 5.74) is 12.7. The molecule has 1 heteroatoms. The van der Waals surface area contributed by atoms with Crippen molar-refractivity contribution in [3.8, 4) is 33.4 Å². The molecule has 0 unspecified atom stereocenters. The highest BCUT2D eigenvalue weighted by atomic mass is 15.1. The highest BCUT2D eigenvalue weighted by Crippen LogP contribution is 2.45. The second-order valence-electron chi connectivity index (χ2n) is 14.8. The van der Waals surface area contributed by atoms with E-state index in [-0.39, 0.29) is 0 Å². The standard InChI is InChI=1S/C57H41N/c1-3-18-50-46(4-2)55(37-42-21-8-10-27-48(42)50)40-23-14-25-44(35-40)58(57-34-17-32-52-47(31-16-33-54(52)57)39-19-6-5-7-20-39)45-26-15-24-41(36-45)56-38-43-22-9-11-28-49(43)51-29-12-13-30-53(51)56/h3-38H,2H2,1H3/b18-3-. The summed E-state index contributed by atoms with van der Waals surface area (Å²) in [7, 11) is 0. The molecule has 0 aliphatic carbocycles. The molecule has 0 N–H and O–H groups in total. The van der Waals surface area contributed by atoms with E-state index in [1.165, 1.54) is 70.9 Å². The molecule has 0 saturated heterocycles. The van der Waals surface area contributed by atoms with Crippen molar-refractivity contribution >= 4 is 72.3 Å². The molecule has 0 radical (unpaired) electrons. The summed E-state index contributed by atoms with van der Waals surface area (Å²) in [5, 5.41) is 9.84. The lowest BCUT2D eigenvalue weighted by Gasteiger charge is -2.28. The van der Waals surface area contributed by atoms with Crippen molar-refractivity contribution in [1.82, 2.24) is 0 Å². The van der Waals surface area contributed by atoms with E-state index < -0.39 is 0 Å². The molecular weight excluding hydrogens is 699 g/mol. The molecule has 0 heterocycles. The first kappa shape index (κ1) is 35.0. The Bertz CT molecular complexity index is 3210. The molecule has 0 spiro atoms. The van der Waals surface area contributed by atoms with Crippen molar-refractivity contribution in [2.24, 2.45) is 0 Å². The molecule has 0 atom stereocenters. The third-order valence-corrected chi connectivity index (χ3v) is 11.5. The molecule has 0 aliphatic heterocycles. The normalized spacial score (nSPS) is 11.5. The van der Waals surface area contributed by atoms with Crippen LogP contribution in [0.15, 0.2) is 213 Å². The summed E-state index contributed by atoms with van der Waals surface area (Å²) in [6, 6.07) is 73.0. The molecule has 1 nitrogen and oxygen atoms in total. The SMILES string of the molecule is C=Cc1c(-c2cccc(N(c3cccc(-c4cc5ccccc5c5ccccc45)c3)c3cccc4c(-c5ccccc5)cccc34)c2)cc2ccccc2c1/C=C\C. The zero-order valence-electron chi connectivity index (χ0n) is 32.4. The van der Waals surface area contributed by atoms with Crippen LogP contribution in [0.1, 0.15) is 18.1 Å². The van der Waals surface area contributed by atoms with E-state index in [0.717, 1.165) is 33.8 Å². The van der Waals surface area contributed by atoms with Crippen LogP contribution in [0.3, 0.4) is 0 Å². The fourth-order valence-corrected chi connectivity index (χ4v) is 8.90. The van der Waals surface area contributed by atoms with Gasteiger partial charge >= 0.3 is 0 Å². The number of hydrogen-bond acceptors (Lipinski definition) is 1. The average molecular weight is 740 g/mol. The van der Waals surface area contributed by atoms with Crippen LogP contribution in [-0.4, -0.2) is 0 Å². The lowest BCUT2D eigenvalue weighted by molar-refractivity contribution is 1.30. The van der Waals surface area contributed by atoms with Gasteiger partial charge in [0.15, 0.2) is 0 Å². The first-order valence-electron chi connectivity index (χ1n) is 20.0. The van der Waals surface area contributed by atoms with Crippen LogP contribution >= 0.6 is 0 Å². The van der Waals surface area contributed by atoms with Gasteiger partial charge < -0.3 is 4.90 Å². The molecule has 10 aromatic carbocycles. The number of hydrogen-bond donors (Lipinski definition) is 0. The van der Waals surface area contributed by atoms with Gasteiger partial charge in [-0.05, 0) is 132 Å². The van der Waals surface area contributed by atoms with E-state index >= 15 is 0 Å². The van der Waals surface area contributed by atoms with E-state index in [4.69, 9.17) is 0 Å². The van der Waals surface area contributed by atoms with E-state index in [0.29, 0.717) is 0 Å². The lowest BCUT2D eigenvalue weighted by Crippen LogP contribution is -2.11. The Labute approximate surface area is 340 Å². The Kier molecular flexibility index (Phi) is 8.97. The highest BCUT2D eigenvalue weighted by Gasteiger charge is 2.20. The fourth-order valence-electron chi connectivity index (χ4n) is 8.90. The maximum Gasteiger partial charge on any atom is 0.0540 e. The van der Waals surface area contributed by atoms with Crippen molar-refractivity contribution in [2.75, 3.05) is 4.90 Å². The minimum absolute atomic E-state index is 1.08. The van der Waals surface area contributed by atoms with Gasteiger partial charge in [0.25, 0.3) is 0 Å². The molecule has 0 bridgehead atoms. The Morgan fingerprint density at radius 2 is 0.897 bits per heavy atom. The molecule has 0 saturated carbocycles. The molecule has 10 aromatic rings. The lowest BCUT2D eigenvalue weighted by atomic mass is 9.90. The predicted octanol–water partition coefficient (Wildman–Crippen LogP) is 16.4. The molecule has 0 fully saturated rings. The summed E-state index contributed by atoms with van der Waals surface area (Å²) >= 11 is 0. The van der Waals surface area contributed by atoms with Crippen LogP contribution in [0, 0.1) is 0 Å². The highest BCUT2D eigenvalue weighted by molar-refractivity contribution is 6.14. The first-order valence-corrected chi connectivity index (χ1v) is 20.0. The summed E-state index contributed by atoms with van der Waals surface area (Å²) in [6.07, 6.45) is 6.34. The molecule has 0 amide bonds. The van der Waals surface area contributed by atoms with Gasteiger partial charge in [0.05, 0.1) is 5.69 Å². The monoisotopic (exact) mass is 739 g/mol. The molecule has 0 aliphatic rings. The summed E-state index contributed by atoms with van der Waals surface area (Å²) in [5.74, 6) is 0. The summed E-state index contributed by atoms with van der Waals surface area (Å²) in [4.78, 5) is 2.44. The second kappa shape index (κ2) is 14.9. The van der Waals surface area contributed by atoms with Gasteiger partial charge in [0, 0.05) is 16.8 Å². The van der Waals surface area contributed by atoms with Crippen LogP contribution in [0.4, 0.5) is 17.1 Å². The smallest absolute Gasteiger partial charge is 0.0540 e. The van der Waals surface area contributed by atoms with E-state index in [2.05, 4.69) is 231 Å². The summed E-state index contributed by atoms with van der Waals surface area (Å²) < 4.78 is 0. The van der Waals surface area contributed by atoms with Crippen molar-refractivity contribution in [3.05, 3.63) is 224 Å². The Morgan fingerprint density at radius 3 is 1.62 bits per heavy atom. The van der Waals surface area contributed by atoms with Crippen molar-refractivity contribution < 1.29 is 0 Å². The number of allylic oxidation sites excluding steroid dienone is 1. The van der Waals surface area contributed by atoms with Crippen molar-refractivity contribution in [1.29, 1.82) is 0 Å². The largest absolute Gasteiger partial charge is 0.310 e. The fraction of sp³-hybridized carbons (Fsp3) is 0.0175. The Balaban J connectivity index is 1.22. The minimum atomic E-state index is 1.08. The quantitative estimate of drug-likeness (QED) is 0.140. The molecule has 10 rings (SSSR count). The predicted molar refractivity (Wildman–Crippen MR) is 252 cm³/mol. The zero-order valence-corrected chi connectivity index (χ0v) is 32.4. The van der Waals surface area contributed by atoms with Gasteiger partial charge in [-0.2, -0.15) is 0 Å². The molecule has 58 heavy (non-hydrogen) atoms. The number of anilines is 3. The summed E-state index contributed by atoms with van der Waals surface area (Å²) in [6.45, 7) is 6.40. The Hall–Kier alpha value is -7.48. The third kappa shape index (κ3) is 6.05. The molecular formula is C57H41N. The van der Waals surface area contributed by atoms with E-state index in [9.17, 15) is 0 Å². The maximum absolute atomic E-state index is 4.32. The van der Waals surface area contributed by atoms with Crippen LogP contribution in [-0.2, 0) is 0 Å². The number of nitrogens with zero attached hydrogens (tertiary/aromatic N) is 1. The van der Waals surface area contributed by atoms with E-state index in [1.807, 2.05) is 6.08 Å². The number of fused-ring (bicyclic) bond motifs is 5. The Morgan fingerprint density at radius 1 is 0.379 bits per heavy atom. The maximum atomic E-state index is 4.32. The zero-order chi connectivity index (χ0) is 39.0. The van der Waals surface area contributed by atoms with Crippen molar-refractivity contribution in [3.63, 3.8) is 0 Å². The van der Waals surface area contributed by atoms with Gasteiger partial charge in [-0.15, -0.1) is 0 Å². The van der Waals surface area contributed by atoms with Crippen LogP contribution in [0.5, 0.6) is 0 Å². The second-order valence-corrected chi connectivity index (χ2v) is 14.8. The van der Waals surface area contributed by atoms with Crippen molar-refractivity contribution in [2.45, 2.75) is 6.92 Å². The van der Waals surface area contributed by atoms with Gasteiger partial charge in [-0.1, -0.05) is 183 Å². The first-order chi connectivity index (χ1) is 28.7. The minimum Gasteiger partial charge on any atom is -0.310 e.